The molecule has 0 amide bonds. The highest BCUT2D eigenvalue weighted by atomic mass is 32.1. The Morgan fingerprint density at radius 3 is 2.50 bits per heavy atom. The molecule has 0 bridgehead atoms. The fourth-order valence-electron chi connectivity index (χ4n) is 4.52. The van der Waals surface area contributed by atoms with Crippen molar-refractivity contribution in [1.82, 2.24) is 9.88 Å². The summed E-state index contributed by atoms with van der Waals surface area (Å²) in [6.07, 6.45) is 2.17. The van der Waals surface area contributed by atoms with Gasteiger partial charge < -0.3 is 18.9 Å². The largest absolute Gasteiger partial charge is 0.489 e. The molecule has 208 valence electrons. The Morgan fingerprint density at radius 1 is 0.900 bits per heavy atom. The molecule has 1 aliphatic heterocycles. The van der Waals surface area contributed by atoms with Crippen molar-refractivity contribution < 1.29 is 23.7 Å². The van der Waals surface area contributed by atoms with Crippen LogP contribution in [-0.4, -0.2) is 36.2 Å². The second-order valence-corrected chi connectivity index (χ2v) is 10.7. The summed E-state index contributed by atoms with van der Waals surface area (Å²) in [6.45, 7) is 3.50. The maximum Gasteiger partial charge on any atom is 0.231 e. The lowest BCUT2D eigenvalue weighted by atomic mass is 10.1. The molecule has 0 aliphatic carbocycles. The average molecular weight is 559 g/mol. The van der Waals surface area contributed by atoms with E-state index in [0.29, 0.717) is 45.0 Å². The van der Waals surface area contributed by atoms with Gasteiger partial charge in [0.25, 0.3) is 0 Å². The van der Waals surface area contributed by atoms with Gasteiger partial charge in [0.1, 0.15) is 23.1 Å². The Hall–Kier alpha value is -3.72. The fraction of sp³-hybridized carbons (Fsp3) is 0.312. The molecule has 0 radical (unpaired) electrons. The topological polar surface area (TPSA) is 70.1 Å². The van der Waals surface area contributed by atoms with Gasteiger partial charge in [-0.2, -0.15) is 0 Å². The molecule has 7 nitrogen and oxygen atoms in total. The Balaban J connectivity index is 1.25. The smallest absolute Gasteiger partial charge is 0.231 e. The first kappa shape index (κ1) is 27.8. The van der Waals surface area contributed by atoms with Crippen LogP contribution < -0.4 is 14.2 Å². The number of fused-ring (bicyclic) bond motifs is 1. The summed E-state index contributed by atoms with van der Waals surface area (Å²) in [6, 6.07) is 24.4. The van der Waals surface area contributed by atoms with E-state index in [9.17, 15) is 4.79 Å². The van der Waals surface area contributed by atoms with Crippen LogP contribution in [-0.2, 0) is 31.0 Å². The summed E-state index contributed by atoms with van der Waals surface area (Å²) in [4.78, 5) is 19.6. The van der Waals surface area contributed by atoms with Crippen molar-refractivity contribution in [2.45, 2.75) is 45.5 Å². The number of carbonyl (C=O) groups excluding carboxylic acids is 1. The number of thiazole rings is 1. The fourth-order valence-corrected chi connectivity index (χ4v) is 5.36. The van der Waals surface area contributed by atoms with E-state index in [1.807, 2.05) is 47.8 Å². The van der Waals surface area contributed by atoms with E-state index < -0.39 is 0 Å². The van der Waals surface area contributed by atoms with Crippen LogP contribution in [0.2, 0.25) is 0 Å². The van der Waals surface area contributed by atoms with Gasteiger partial charge in [0.05, 0.1) is 6.54 Å². The number of Topliss-reactive ketones (excluding diaryl/α,β-unsaturated/α-hetero) is 1. The van der Waals surface area contributed by atoms with E-state index >= 15 is 0 Å². The van der Waals surface area contributed by atoms with Crippen molar-refractivity contribution in [1.29, 1.82) is 0 Å². The lowest BCUT2D eigenvalue weighted by molar-refractivity contribution is 0.0970. The number of rotatable bonds is 15. The van der Waals surface area contributed by atoms with Crippen molar-refractivity contribution in [3.63, 3.8) is 0 Å². The van der Waals surface area contributed by atoms with Crippen molar-refractivity contribution in [2.75, 3.05) is 20.5 Å². The number of unbranched alkanes of at least 4 members (excludes halogenated alkanes) is 1. The van der Waals surface area contributed by atoms with Crippen LogP contribution >= 0.6 is 11.3 Å². The Kier molecular flexibility index (Phi) is 9.79. The van der Waals surface area contributed by atoms with Crippen molar-refractivity contribution in [3.8, 4) is 17.2 Å². The van der Waals surface area contributed by atoms with Crippen LogP contribution in [0.15, 0.2) is 78.2 Å². The Labute approximate surface area is 239 Å². The van der Waals surface area contributed by atoms with E-state index in [1.165, 1.54) is 16.9 Å². The van der Waals surface area contributed by atoms with E-state index in [4.69, 9.17) is 18.9 Å². The second kappa shape index (κ2) is 14.1. The van der Waals surface area contributed by atoms with Gasteiger partial charge in [0.15, 0.2) is 17.3 Å². The highest BCUT2D eigenvalue weighted by Gasteiger charge is 2.17. The normalized spacial score (nSPS) is 12.2. The number of hydrogen-bond donors (Lipinski definition) is 0. The molecule has 2 heterocycles. The van der Waals surface area contributed by atoms with Crippen LogP contribution in [0.3, 0.4) is 0 Å². The second-order valence-electron chi connectivity index (χ2n) is 9.75. The van der Waals surface area contributed by atoms with Crippen LogP contribution in [0.1, 0.15) is 51.4 Å². The molecule has 3 aromatic carbocycles. The van der Waals surface area contributed by atoms with Gasteiger partial charge in [0, 0.05) is 38.6 Å². The zero-order chi connectivity index (χ0) is 27.6. The van der Waals surface area contributed by atoms with E-state index in [1.54, 1.807) is 7.11 Å². The summed E-state index contributed by atoms with van der Waals surface area (Å²) in [5.74, 6) is 2.47. The lowest BCUT2D eigenvalue weighted by Gasteiger charge is -2.22. The molecule has 8 heteroatoms. The summed E-state index contributed by atoms with van der Waals surface area (Å²) in [7, 11) is 1.68. The van der Waals surface area contributed by atoms with E-state index in [-0.39, 0.29) is 12.6 Å². The minimum absolute atomic E-state index is 0.0898. The highest BCUT2D eigenvalue weighted by Crippen LogP contribution is 2.33. The Bertz CT molecular complexity index is 1370. The zero-order valence-electron chi connectivity index (χ0n) is 22.7. The molecule has 1 aromatic heterocycles. The van der Waals surface area contributed by atoms with Crippen molar-refractivity contribution >= 4 is 17.1 Å². The molecule has 4 aromatic rings. The SMILES string of the molecule is COCCCCC(=O)c1csc(CN(Cc2ccc(OCc3ccccc3)cc2)Cc2ccc3c(c2)OCO3)n1. The molecule has 5 rings (SSSR count). The minimum Gasteiger partial charge on any atom is -0.489 e. The molecule has 0 spiro atoms. The molecule has 0 N–H and O–H groups in total. The molecular formula is C32H34N2O5S. The quantitative estimate of drug-likeness (QED) is 0.119. The van der Waals surface area contributed by atoms with Crippen molar-refractivity contribution in [2.24, 2.45) is 0 Å². The molecule has 0 saturated heterocycles. The minimum atomic E-state index is 0.0898. The molecule has 0 fully saturated rings. The zero-order valence-corrected chi connectivity index (χ0v) is 23.5. The number of methoxy groups -OCH3 is 1. The monoisotopic (exact) mass is 558 g/mol. The number of hydrogen-bond acceptors (Lipinski definition) is 8. The number of benzene rings is 3. The van der Waals surface area contributed by atoms with Gasteiger partial charge in [-0.15, -0.1) is 11.3 Å². The van der Waals surface area contributed by atoms with E-state index in [2.05, 4.69) is 40.2 Å². The van der Waals surface area contributed by atoms with Crippen LogP contribution in [0.5, 0.6) is 17.2 Å². The average Bonchev–Trinajstić information content (AvgIpc) is 3.65. The summed E-state index contributed by atoms with van der Waals surface area (Å²) < 4.78 is 22.1. The summed E-state index contributed by atoms with van der Waals surface area (Å²) in [5, 5.41) is 2.80. The number of carbonyl (C=O) groups is 1. The van der Waals surface area contributed by atoms with Gasteiger partial charge in [-0.3, -0.25) is 9.69 Å². The first-order valence-electron chi connectivity index (χ1n) is 13.5. The molecule has 0 saturated carbocycles. The number of nitrogens with zero attached hydrogens (tertiary/aromatic N) is 2. The third kappa shape index (κ3) is 7.91. The molecule has 0 atom stereocenters. The predicted molar refractivity (Wildman–Crippen MR) is 155 cm³/mol. The summed E-state index contributed by atoms with van der Waals surface area (Å²) >= 11 is 1.54. The number of ether oxygens (including phenoxy) is 4. The molecule has 40 heavy (non-hydrogen) atoms. The maximum absolute atomic E-state index is 12.6. The lowest BCUT2D eigenvalue weighted by Crippen LogP contribution is -2.22. The van der Waals surface area contributed by atoms with Crippen molar-refractivity contribution in [3.05, 3.63) is 106 Å². The van der Waals surface area contributed by atoms with Gasteiger partial charge in [-0.25, -0.2) is 4.98 Å². The highest BCUT2D eigenvalue weighted by molar-refractivity contribution is 7.09. The van der Waals surface area contributed by atoms with Crippen LogP contribution in [0.4, 0.5) is 0 Å². The molecular weight excluding hydrogens is 524 g/mol. The first-order chi connectivity index (χ1) is 19.7. The van der Waals surface area contributed by atoms with E-state index in [0.717, 1.165) is 46.2 Å². The third-order valence-corrected chi connectivity index (χ3v) is 7.45. The maximum atomic E-state index is 12.6. The number of ketones is 1. The van der Waals surface area contributed by atoms with Gasteiger partial charge in [-0.1, -0.05) is 48.5 Å². The number of aromatic nitrogens is 1. The molecule has 0 unspecified atom stereocenters. The van der Waals surface area contributed by atoms with Crippen LogP contribution in [0.25, 0.3) is 0 Å². The summed E-state index contributed by atoms with van der Waals surface area (Å²) in [5.41, 5.74) is 3.98. The van der Waals surface area contributed by atoms with Gasteiger partial charge in [0.2, 0.25) is 6.79 Å². The van der Waals surface area contributed by atoms with Gasteiger partial charge in [-0.05, 0) is 53.8 Å². The predicted octanol–water partition coefficient (Wildman–Crippen LogP) is 6.65. The van der Waals surface area contributed by atoms with Gasteiger partial charge >= 0.3 is 0 Å². The third-order valence-electron chi connectivity index (χ3n) is 6.62. The van der Waals surface area contributed by atoms with Crippen LogP contribution in [0, 0.1) is 0 Å². The molecule has 1 aliphatic rings. The standard InChI is InChI=1S/C32H34N2O5S/c1-36-16-6-5-9-29(35)28-22-40-32(33-28)20-34(19-26-12-15-30-31(17-26)39-23-38-30)18-24-10-13-27(14-11-24)37-21-25-7-3-2-4-8-25/h2-4,7-8,10-15,17,22H,5-6,9,16,18-21,23H2,1H3. The first-order valence-corrected chi connectivity index (χ1v) is 14.4. The Morgan fingerprint density at radius 2 is 1.68 bits per heavy atom.